The molecule has 2 rings (SSSR count). The molecular weight excluding hydrogens is 382 g/mol. The van der Waals surface area contributed by atoms with Crippen LogP contribution in [-0.2, 0) is 14.3 Å². The van der Waals surface area contributed by atoms with Gasteiger partial charge in [0.25, 0.3) is 5.91 Å². The number of hydrogen-bond donors (Lipinski definition) is 3. The number of benzene rings is 2. The predicted molar refractivity (Wildman–Crippen MR) is 108 cm³/mol. The number of ether oxygens (including phenoxy) is 1. The number of amides is 3. The summed E-state index contributed by atoms with van der Waals surface area (Å²) >= 11 is 5.79. The van der Waals surface area contributed by atoms with Gasteiger partial charge in [-0.25, -0.2) is 9.59 Å². The van der Waals surface area contributed by atoms with Gasteiger partial charge in [-0.2, -0.15) is 0 Å². The third kappa shape index (κ3) is 6.92. The van der Waals surface area contributed by atoms with Gasteiger partial charge in [-0.15, -0.1) is 0 Å². The zero-order valence-electron chi connectivity index (χ0n) is 15.6. The number of halogens is 1. The van der Waals surface area contributed by atoms with Crippen LogP contribution in [0.3, 0.4) is 0 Å². The van der Waals surface area contributed by atoms with E-state index in [4.69, 9.17) is 16.3 Å². The number of esters is 1. The molecule has 0 aliphatic rings. The minimum atomic E-state index is -0.896. The van der Waals surface area contributed by atoms with Crippen LogP contribution in [0.2, 0.25) is 5.02 Å². The summed E-state index contributed by atoms with van der Waals surface area (Å²) in [6, 6.07) is 13.9. The number of para-hydroxylation sites is 1. The summed E-state index contributed by atoms with van der Waals surface area (Å²) in [5.74, 6) is -1.41. The van der Waals surface area contributed by atoms with Gasteiger partial charge in [0.15, 0.2) is 6.61 Å². The molecule has 2 aromatic carbocycles. The van der Waals surface area contributed by atoms with Crippen LogP contribution in [0.15, 0.2) is 54.6 Å². The molecule has 1 atom stereocenters. The van der Waals surface area contributed by atoms with Gasteiger partial charge in [-0.3, -0.25) is 4.79 Å². The third-order valence-electron chi connectivity index (χ3n) is 3.71. The van der Waals surface area contributed by atoms with Crippen molar-refractivity contribution in [3.05, 3.63) is 59.6 Å². The molecule has 28 heavy (non-hydrogen) atoms. The molecule has 0 saturated heterocycles. The quantitative estimate of drug-likeness (QED) is 0.614. The van der Waals surface area contributed by atoms with E-state index in [-0.39, 0.29) is 5.92 Å². The number of hydrogen-bond acceptors (Lipinski definition) is 4. The van der Waals surface area contributed by atoms with Gasteiger partial charge in [0.1, 0.15) is 6.04 Å². The van der Waals surface area contributed by atoms with Crippen molar-refractivity contribution in [2.75, 3.05) is 17.2 Å². The Bertz CT molecular complexity index is 810. The molecule has 0 aliphatic carbocycles. The van der Waals surface area contributed by atoms with Crippen molar-refractivity contribution in [3.63, 3.8) is 0 Å². The first-order valence-electron chi connectivity index (χ1n) is 8.70. The Morgan fingerprint density at radius 3 is 2.14 bits per heavy atom. The number of nitrogens with one attached hydrogen (secondary N) is 3. The molecule has 3 N–H and O–H groups in total. The maximum Gasteiger partial charge on any atom is 0.329 e. The highest BCUT2D eigenvalue weighted by Gasteiger charge is 2.26. The molecule has 148 valence electrons. The number of carbonyl (C=O) groups is 3. The van der Waals surface area contributed by atoms with Crippen LogP contribution in [-0.4, -0.2) is 30.6 Å². The van der Waals surface area contributed by atoms with Crippen LogP contribution in [0, 0.1) is 5.92 Å². The van der Waals surface area contributed by atoms with E-state index in [0.29, 0.717) is 16.4 Å². The minimum absolute atomic E-state index is 0.228. The van der Waals surface area contributed by atoms with E-state index >= 15 is 0 Å². The smallest absolute Gasteiger partial charge is 0.329 e. The van der Waals surface area contributed by atoms with Crippen LogP contribution in [0.1, 0.15) is 13.8 Å². The normalized spacial score (nSPS) is 11.4. The second kappa shape index (κ2) is 10.3. The Hall–Kier alpha value is -3.06. The summed E-state index contributed by atoms with van der Waals surface area (Å²) in [4.78, 5) is 36.4. The van der Waals surface area contributed by atoms with Gasteiger partial charge in [0, 0.05) is 16.4 Å². The van der Waals surface area contributed by atoms with Crippen molar-refractivity contribution < 1.29 is 19.1 Å². The van der Waals surface area contributed by atoms with Crippen molar-refractivity contribution in [3.8, 4) is 0 Å². The Labute approximate surface area is 168 Å². The Morgan fingerprint density at radius 2 is 1.54 bits per heavy atom. The summed E-state index contributed by atoms with van der Waals surface area (Å²) < 4.78 is 5.05. The number of urea groups is 1. The van der Waals surface area contributed by atoms with Crippen LogP contribution in [0.25, 0.3) is 0 Å². The van der Waals surface area contributed by atoms with Gasteiger partial charge in [-0.1, -0.05) is 43.6 Å². The molecule has 2 aromatic rings. The molecule has 0 saturated carbocycles. The highest BCUT2D eigenvalue weighted by atomic mass is 35.5. The molecule has 0 aromatic heterocycles. The van der Waals surface area contributed by atoms with Crippen molar-refractivity contribution in [2.24, 2.45) is 5.92 Å². The van der Waals surface area contributed by atoms with E-state index < -0.39 is 30.6 Å². The van der Waals surface area contributed by atoms with Gasteiger partial charge in [-0.05, 0) is 42.3 Å². The molecule has 0 fully saturated rings. The first kappa shape index (κ1) is 21.2. The van der Waals surface area contributed by atoms with Crippen molar-refractivity contribution >= 4 is 40.9 Å². The van der Waals surface area contributed by atoms with E-state index in [9.17, 15) is 14.4 Å². The monoisotopic (exact) mass is 403 g/mol. The molecular formula is C20H22ClN3O4. The lowest BCUT2D eigenvalue weighted by molar-refractivity contribution is -0.150. The molecule has 0 spiro atoms. The van der Waals surface area contributed by atoms with E-state index in [1.807, 2.05) is 6.07 Å². The van der Waals surface area contributed by atoms with Gasteiger partial charge in [0.2, 0.25) is 0 Å². The number of anilines is 2. The predicted octanol–water partition coefficient (Wildman–Crippen LogP) is 3.67. The van der Waals surface area contributed by atoms with Crippen LogP contribution in [0.5, 0.6) is 0 Å². The van der Waals surface area contributed by atoms with Crippen molar-refractivity contribution in [1.82, 2.24) is 5.32 Å². The highest BCUT2D eigenvalue weighted by Crippen LogP contribution is 2.13. The first-order valence-corrected chi connectivity index (χ1v) is 9.07. The van der Waals surface area contributed by atoms with E-state index in [1.54, 1.807) is 62.4 Å². The lowest BCUT2D eigenvalue weighted by Crippen LogP contribution is -2.47. The van der Waals surface area contributed by atoms with Gasteiger partial charge < -0.3 is 20.7 Å². The largest absolute Gasteiger partial charge is 0.454 e. The van der Waals surface area contributed by atoms with Gasteiger partial charge >= 0.3 is 12.0 Å². The van der Waals surface area contributed by atoms with E-state index in [2.05, 4.69) is 16.0 Å². The Morgan fingerprint density at radius 1 is 0.929 bits per heavy atom. The lowest BCUT2D eigenvalue weighted by Gasteiger charge is -2.21. The summed E-state index contributed by atoms with van der Waals surface area (Å²) in [5.41, 5.74) is 1.13. The third-order valence-corrected chi connectivity index (χ3v) is 3.96. The standard InChI is InChI=1S/C20H22ClN3O4/c1-13(2)18(24-20(27)23-15-6-4-3-5-7-15)19(26)28-12-17(25)22-16-10-8-14(21)9-11-16/h3-11,13,18H,12H2,1-2H3,(H,22,25)(H2,23,24,27)/t18-/m0/s1. The number of carbonyl (C=O) groups excluding carboxylic acids is 3. The topological polar surface area (TPSA) is 96.5 Å². The summed E-state index contributed by atoms with van der Waals surface area (Å²) in [6.07, 6.45) is 0. The Balaban J connectivity index is 1.85. The summed E-state index contributed by atoms with van der Waals surface area (Å²) in [7, 11) is 0. The average Bonchev–Trinajstić information content (AvgIpc) is 2.66. The van der Waals surface area contributed by atoms with Crippen molar-refractivity contribution in [2.45, 2.75) is 19.9 Å². The van der Waals surface area contributed by atoms with Crippen LogP contribution in [0.4, 0.5) is 16.2 Å². The minimum Gasteiger partial charge on any atom is -0.454 e. The van der Waals surface area contributed by atoms with Gasteiger partial charge in [0.05, 0.1) is 0 Å². The SMILES string of the molecule is CC(C)[C@H](NC(=O)Nc1ccccc1)C(=O)OCC(=O)Nc1ccc(Cl)cc1. The van der Waals surface area contributed by atoms with Crippen molar-refractivity contribution in [1.29, 1.82) is 0 Å². The fourth-order valence-electron chi connectivity index (χ4n) is 2.28. The van der Waals surface area contributed by atoms with Crippen LogP contribution >= 0.6 is 11.6 Å². The zero-order valence-corrected chi connectivity index (χ0v) is 16.3. The molecule has 0 bridgehead atoms. The number of rotatable bonds is 7. The lowest BCUT2D eigenvalue weighted by atomic mass is 10.1. The molecule has 0 radical (unpaired) electrons. The fraction of sp³-hybridized carbons (Fsp3) is 0.250. The molecule has 7 nitrogen and oxygen atoms in total. The molecule has 0 unspecified atom stereocenters. The maximum atomic E-state index is 12.3. The zero-order chi connectivity index (χ0) is 20.5. The van der Waals surface area contributed by atoms with E-state index in [0.717, 1.165) is 0 Å². The molecule has 8 heteroatoms. The van der Waals surface area contributed by atoms with Crippen LogP contribution < -0.4 is 16.0 Å². The fourth-order valence-corrected chi connectivity index (χ4v) is 2.41. The molecule has 0 heterocycles. The van der Waals surface area contributed by atoms with E-state index in [1.165, 1.54) is 0 Å². The first-order chi connectivity index (χ1) is 13.3. The average molecular weight is 404 g/mol. The second-order valence-electron chi connectivity index (χ2n) is 6.35. The Kier molecular flexibility index (Phi) is 7.83. The summed E-state index contributed by atoms with van der Waals surface area (Å²) in [5, 5.41) is 8.35. The second-order valence-corrected chi connectivity index (χ2v) is 6.79. The molecule has 3 amide bonds. The maximum absolute atomic E-state index is 12.3. The molecule has 0 aliphatic heterocycles. The summed E-state index contributed by atoms with van der Waals surface area (Å²) in [6.45, 7) is 3.07. The highest BCUT2D eigenvalue weighted by molar-refractivity contribution is 6.30.